The summed E-state index contributed by atoms with van der Waals surface area (Å²) in [7, 11) is 0. The van der Waals surface area contributed by atoms with E-state index in [9.17, 15) is 0 Å². The molecular weight excluding hydrogens is 438 g/mol. The number of allylic oxidation sites excluding steroid dienone is 6. The summed E-state index contributed by atoms with van der Waals surface area (Å²) in [4.78, 5) is 6.70. The van der Waals surface area contributed by atoms with Gasteiger partial charge in [0.1, 0.15) is 0 Å². The molecule has 0 atom stereocenters. The van der Waals surface area contributed by atoms with Crippen LogP contribution in [0, 0.1) is 0 Å². The molecule has 0 amide bonds. The van der Waals surface area contributed by atoms with Gasteiger partial charge in [-0.2, -0.15) is 0 Å². The van der Waals surface area contributed by atoms with E-state index in [0.29, 0.717) is 5.03 Å². The van der Waals surface area contributed by atoms with Crippen molar-refractivity contribution in [1.82, 2.24) is 9.80 Å². The number of likely N-dealkylation sites (tertiary alicyclic amines) is 1. The number of hydrogen-bond acceptors (Lipinski definition) is 3. The Kier molecular flexibility index (Phi) is 9.62. The summed E-state index contributed by atoms with van der Waals surface area (Å²) >= 11 is 5.98. The first-order valence-corrected chi connectivity index (χ1v) is 12.6. The van der Waals surface area contributed by atoms with Crippen LogP contribution in [0.2, 0.25) is 0 Å². The Hall–Kier alpha value is -2.75. The lowest BCUT2D eigenvalue weighted by Crippen LogP contribution is -2.27. The van der Waals surface area contributed by atoms with E-state index in [1.54, 1.807) is 6.08 Å². The summed E-state index contributed by atoms with van der Waals surface area (Å²) in [5.74, 6) is 0. The molecule has 1 aromatic rings. The minimum Gasteiger partial charge on any atom is -0.321 e. The molecule has 4 heteroatoms. The van der Waals surface area contributed by atoms with Crippen LogP contribution in [0.15, 0.2) is 103 Å². The van der Waals surface area contributed by atoms with Gasteiger partial charge >= 0.3 is 0 Å². The fourth-order valence-electron chi connectivity index (χ4n) is 4.36. The van der Waals surface area contributed by atoms with Crippen LogP contribution in [0.1, 0.15) is 44.2 Å². The van der Waals surface area contributed by atoms with E-state index in [1.165, 1.54) is 50.0 Å². The number of aryl methyl sites for hydroxylation is 2. The van der Waals surface area contributed by atoms with E-state index in [1.807, 2.05) is 42.5 Å². The van der Waals surface area contributed by atoms with Crippen molar-refractivity contribution in [2.75, 3.05) is 24.5 Å². The maximum atomic E-state index is 5.98. The van der Waals surface area contributed by atoms with Crippen molar-refractivity contribution >= 4 is 17.3 Å². The summed E-state index contributed by atoms with van der Waals surface area (Å²) in [6, 6.07) is 6.81. The third-order valence-corrected chi connectivity index (χ3v) is 6.76. The highest BCUT2D eigenvalue weighted by Crippen LogP contribution is 2.31. The Morgan fingerprint density at radius 1 is 1.06 bits per heavy atom. The molecule has 0 aliphatic carbocycles. The average molecular weight is 476 g/mol. The van der Waals surface area contributed by atoms with Gasteiger partial charge in [0.15, 0.2) is 0 Å². The van der Waals surface area contributed by atoms with Crippen molar-refractivity contribution in [3.8, 4) is 0 Å². The average Bonchev–Trinajstić information content (AvgIpc) is 3.37. The van der Waals surface area contributed by atoms with E-state index in [4.69, 9.17) is 11.6 Å². The van der Waals surface area contributed by atoms with Crippen LogP contribution >= 0.6 is 11.6 Å². The lowest BCUT2D eigenvalue weighted by Gasteiger charge is -2.33. The van der Waals surface area contributed by atoms with Crippen LogP contribution in [0.25, 0.3) is 0 Å². The quantitative estimate of drug-likeness (QED) is 0.321. The zero-order valence-electron chi connectivity index (χ0n) is 20.8. The van der Waals surface area contributed by atoms with Gasteiger partial charge in [0, 0.05) is 29.3 Å². The molecule has 34 heavy (non-hydrogen) atoms. The summed E-state index contributed by atoms with van der Waals surface area (Å²) in [6.07, 6.45) is 19.6. The van der Waals surface area contributed by atoms with Gasteiger partial charge in [-0.25, -0.2) is 0 Å². The highest BCUT2D eigenvalue weighted by Gasteiger charge is 2.19. The first-order valence-electron chi connectivity index (χ1n) is 12.3. The largest absolute Gasteiger partial charge is 0.321 e. The molecule has 0 N–H and O–H groups in total. The van der Waals surface area contributed by atoms with Crippen LogP contribution in [0.3, 0.4) is 0 Å². The van der Waals surface area contributed by atoms with Gasteiger partial charge in [-0.05, 0) is 99.6 Å². The molecule has 1 aromatic carbocycles. The lowest BCUT2D eigenvalue weighted by atomic mass is 9.99. The lowest BCUT2D eigenvalue weighted by molar-refractivity contribution is 0.334. The number of hydrogen-bond donors (Lipinski definition) is 0. The molecule has 1 saturated heterocycles. The molecule has 0 bridgehead atoms. The second-order valence-corrected chi connectivity index (χ2v) is 9.35. The third kappa shape index (κ3) is 6.88. The molecule has 0 unspecified atom stereocenters. The maximum Gasteiger partial charge on any atom is 0.0618 e. The molecular formula is C30H38ClN3. The zero-order valence-corrected chi connectivity index (χ0v) is 21.5. The predicted octanol–water partition coefficient (Wildman–Crippen LogP) is 7.67. The highest BCUT2D eigenvalue weighted by molar-refractivity contribution is 6.31. The van der Waals surface area contributed by atoms with Gasteiger partial charge in [-0.1, -0.05) is 56.5 Å². The van der Waals surface area contributed by atoms with Gasteiger partial charge in [-0.3, -0.25) is 0 Å². The van der Waals surface area contributed by atoms with Gasteiger partial charge < -0.3 is 14.7 Å². The van der Waals surface area contributed by atoms with Crippen molar-refractivity contribution in [3.63, 3.8) is 0 Å². The normalized spacial score (nSPS) is 18.0. The molecule has 3 rings (SSSR count). The van der Waals surface area contributed by atoms with Crippen LogP contribution in [-0.4, -0.2) is 29.4 Å². The smallest absolute Gasteiger partial charge is 0.0618 e. The molecule has 3 nitrogen and oxygen atoms in total. The van der Waals surface area contributed by atoms with E-state index in [2.05, 4.69) is 60.9 Å². The summed E-state index contributed by atoms with van der Waals surface area (Å²) in [5, 5.41) is 0.614. The molecule has 1 fully saturated rings. The van der Waals surface area contributed by atoms with Crippen molar-refractivity contribution in [3.05, 3.63) is 114 Å². The molecule has 0 spiro atoms. The van der Waals surface area contributed by atoms with Gasteiger partial charge in [0.25, 0.3) is 0 Å². The molecule has 2 aliphatic rings. The molecule has 0 aromatic heterocycles. The van der Waals surface area contributed by atoms with Crippen LogP contribution in [0.5, 0.6) is 0 Å². The van der Waals surface area contributed by atoms with E-state index in [0.717, 1.165) is 35.5 Å². The first kappa shape index (κ1) is 25.9. The zero-order chi connectivity index (χ0) is 24.5. The molecule has 0 saturated carbocycles. The fraction of sp³-hybridized carbons (Fsp3) is 0.333. The second kappa shape index (κ2) is 12.6. The van der Waals surface area contributed by atoms with E-state index < -0.39 is 0 Å². The molecule has 2 heterocycles. The van der Waals surface area contributed by atoms with Gasteiger partial charge in [-0.15, -0.1) is 0 Å². The number of nitrogens with zero attached hydrogens (tertiary/aromatic N) is 3. The molecule has 0 radical (unpaired) electrons. The maximum absolute atomic E-state index is 5.98. The molecule has 2 aliphatic heterocycles. The van der Waals surface area contributed by atoms with Crippen molar-refractivity contribution in [1.29, 1.82) is 0 Å². The summed E-state index contributed by atoms with van der Waals surface area (Å²) in [6.45, 7) is 20.3. The number of benzene rings is 1. The minimum atomic E-state index is 0.614. The van der Waals surface area contributed by atoms with Crippen LogP contribution in [0.4, 0.5) is 5.69 Å². The van der Waals surface area contributed by atoms with Gasteiger partial charge in [0.2, 0.25) is 0 Å². The fourth-order valence-corrected chi connectivity index (χ4v) is 4.42. The summed E-state index contributed by atoms with van der Waals surface area (Å²) in [5.41, 5.74) is 6.80. The van der Waals surface area contributed by atoms with E-state index >= 15 is 0 Å². The minimum absolute atomic E-state index is 0.614. The van der Waals surface area contributed by atoms with Crippen molar-refractivity contribution in [2.24, 2.45) is 0 Å². The van der Waals surface area contributed by atoms with Gasteiger partial charge in [0.05, 0.1) is 11.4 Å². The Bertz CT molecular complexity index is 1020. The Labute approximate surface area is 211 Å². The number of rotatable bonds is 10. The molecule has 180 valence electrons. The van der Waals surface area contributed by atoms with Crippen molar-refractivity contribution in [2.45, 2.75) is 46.0 Å². The Balaban J connectivity index is 1.67. The topological polar surface area (TPSA) is 9.72 Å². The number of anilines is 1. The summed E-state index contributed by atoms with van der Waals surface area (Å²) < 4.78 is 0. The number of halogens is 1. The second-order valence-electron chi connectivity index (χ2n) is 8.91. The Morgan fingerprint density at radius 2 is 1.82 bits per heavy atom. The Morgan fingerprint density at radius 3 is 2.53 bits per heavy atom. The predicted molar refractivity (Wildman–Crippen MR) is 149 cm³/mol. The first-order chi connectivity index (χ1) is 16.4. The third-order valence-electron chi connectivity index (χ3n) is 6.48. The van der Waals surface area contributed by atoms with Crippen molar-refractivity contribution < 1.29 is 0 Å². The highest BCUT2D eigenvalue weighted by atomic mass is 35.5. The standard InChI is InChI=1S/C30H38ClN3/c1-6-27-23-30(15-13-28(27)11-10-19-32-17-8-9-18-32)34-22-21-33(25(4)26(34)5)20-16-24(3)12-14-29(31)7-2/h7,12-16,20-23H,2,4-6,8-11,17-19H2,1,3H3/b20-16+,24-12+,29-14+. The monoisotopic (exact) mass is 475 g/mol. The SMILES string of the molecule is C=C\C(Cl)=C/C=C(C)/C=C/N1C=CN(c2ccc(CCCN3CCCC3)c(CC)c2)C(=C)C1=C. The van der Waals surface area contributed by atoms with E-state index in [-0.39, 0.29) is 0 Å². The van der Waals surface area contributed by atoms with Crippen LogP contribution < -0.4 is 4.90 Å². The van der Waals surface area contributed by atoms with Crippen LogP contribution in [-0.2, 0) is 12.8 Å².